The van der Waals surface area contributed by atoms with E-state index in [1.807, 2.05) is 6.07 Å². The van der Waals surface area contributed by atoms with Crippen molar-refractivity contribution in [3.8, 4) is 11.6 Å². The zero-order chi connectivity index (χ0) is 10.8. The Morgan fingerprint density at radius 2 is 2.13 bits per heavy atom. The Bertz CT molecular complexity index is 452. The van der Waals surface area contributed by atoms with Gasteiger partial charge in [0.15, 0.2) is 0 Å². The average Bonchev–Trinajstić information content (AvgIpc) is 2.70. The Hall–Kier alpha value is -1.35. The van der Waals surface area contributed by atoms with E-state index in [2.05, 4.69) is 23.8 Å². The molecule has 0 aliphatic rings. The molecule has 0 atom stereocenters. The Kier molecular flexibility index (Phi) is 2.73. The van der Waals surface area contributed by atoms with Gasteiger partial charge in [-0.1, -0.05) is 25.4 Å². The molecular weight excluding hydrogens is 212 g/mol. The topological polar surface area (TPSA) is 38.9 Å². The normalized spacial score (nSPS) is 10.9. The van der Waals surface area contributed by atoms with E-state index in [0.717, 1.165) is 5.56 Å². The van der Waals surface area contributed by atoms with Crippen molar-refractivity contribution in [1.29, 1.82) is 0 Å². The van der Waals surface area contributed by atoms with Crippen molar-refractivity contribution in [3.05, 3.63) is 35.3 Å². The summed E-state index contributed by atoms with van der Waals surface area (Å²) in [6, 6.07) is 1.90. The quantitative estimate of drug-likeness (QED) is 0.781. The van der Waals surface area contributed by atoms with Crippen LogP contribution in [0.15, 0.2) is 29.1 Å². The van der Waals surface area contributed by atoms with Crippen molar-refractivity contribution in [2.45, 2.75) is 19.8 Å². The minimum atomic E-state index is 0.411. The first kappa shape index (κ1) is 10.2. The first-order valence-electron chi connectivity index (χ1n) is 4.74. The highest BCUT2D eigenvalue weighted by molar-refractivity contribution is 6.32. The van der Waals surface area contributed by atoms with E-state index in [1.165, 1.54) is 6.26 Å². The van der Waals surface area contributed by atoms with Gasteiger partial charge in [0.25, 0.3) is 0 Å². The number of aromatic nitrogens is 2. The second-order valence-electron chi connectivity index (χ2n) is 3.59. The monoisotopic (exact) mass is 222 g/mol. The van der Waals surface area contributed by atoms with Crippen LogP contribution in [0.2, 0.25) is 5.02 Å². The molecule has 0 unspecified atom stereocenters. The third kappa shape index (κ3) is 2.02. The van der Waals surface area contributed by atoms with Gasteiger partial charge in [-0.3, -0.25) is 0 Å². The Morgan fingerprint density at radius 1 is 1.33 bits per heavy atom. The number of oxazole rings is 1. The predicted octanol–water partition coefficient (Wildman–Crippen LogP) is 3.51. The van der Waals surface area contributed by atoms with Crippen LogP contribution in [0.1, 0.15) is 25.3 Å². The van der Waals surface area contributed by atoms with Gasteiger partial charge in [-0.15, -0.1) is 0 Å². The molecule has 3 nitrogen and oxygen atoms in total. The molecule has 2 aromatic rings. The number of hydrogen-bond donors (Lipinski definition) is 0. The molecule has 2 aromatic heterocycles. The Balaban J connectivity index is 2.44. The van der Waals surface area contributed by atoms with E-state index >= 15 is 0 Å². The Labute approximate surface area is 93.1 Å². The van der Waals surface area contributed by atoms with E-state index in [0.29, 0.717) is 22.5 Å². The molecule has 2 heterocycles. The van der Waals surface area contributed by atoms with Crippen molar-refractivity contribution >= 4 is 11.6 Å². The van der Waals surface area contributed by atoms with Crippen LogP contribution in [0.25, 0.3) is 11.6 Å². The fourth-order valence-corrected chi connectivity index (χ4v) is 1.52. The molecular formula is C11H11ClN2O. The average molecular weight is 223 g/mol. The molecule has 15 heavy (non-hydrogen) atoms. The van der Waals surface area contributed by atoms with E-state index in [9.17, 15) is 0 Å². The van der Waals surface area contributed by atoms with E-state index in [4.69, 9.17) is 16.0 Å². The van der Waals surface area contributed by atoms with Crippen molar-refractivity contribution in [1.82, 2.24) is 9.97 Å². The van der Waals surface area contributed by atoms with Crippen molar-refractivity contribution in [2.24, 2.45) is 0 Å². The zero-order valence-corrected chi connectivity index (χ0v) is 9.32. The molecule has 0 saturated heterocycles. The lowest BCUT2D eigenvalue weighted by molar-refractivity contribution is 0.572. The summed E-state index contributed by atoms with van der Waals surface area (Å²) in [5, 5.41) is 0.573. The van der Waals surface area contributed by atoms with Crippen LogP contribution in [0, 0.1) is 0 Å². The van der Waals surface area contributed by atoms with Crippen molar-refractivity contribution in [2.75, 3.05) is 0 Å². The largest absolute Gasteiger partial charge is 0.443 e. The standard InChI is InChI=1S/C11H11ClN2O/c1-7(2)8-5-9(12)10(14-6-8)11-13-3-4-15-11/h3-7H,1-2H3. The van der Waals surface area contributed by atoms with Gasteiger partial charge >= 0.3 is 0 Å². The summed E-state index contributed by atoms with van der Waals surface area (Å²) < 4.78 is 5.14. The number of rotatable bonds is 2. The maximum Gasteiger partial charge on any atom is 0.246 e. The summed E-state index contributed by atoms with van der Waals surface area (Å²) >= 11 is 6.10. The third-order valence-corrected chi connectivity index (χ3v) is 2.45. The highest BCUT2D eigenvalue weighted by Gasteiger charge is 2.11. The molecule has 0 amide bonds. The molecule has 0 bridgehead atoms. The number of pyridine rings is 1. The minimum Gasteiger partial charge on any atom is -0.443 e. The summed E-state index contributed by atoms with van der Waals surface area (Å²) in [7, 11) is 0. The number of nitrogens with zero attached hydrogens (tertiary/aromatic N) is 2. The number of halogens is 1. The lowest BCUT2D eigenvalue weighted by Crippen LogP contribution is -1.92. The fourth-order valence-electron chi connectivity index (χ4n) is 1.27. The molecule has 4 heteroatoms. The molecule has 0 spiro atoms. The Morgan fingerprint density at radius 3 is 2.67 bits per heavy atom. The molecule has 2 rings (SSSR count). The second kappa shape index (κ2) is 4.03. The zero-order valence-electron chi connectivity index (χ0n) is 8.57. The molecule has 0 N–H and O–H groups in total. The van der Waals surface area contributed by atoms with E-state index in [-0.39, 0.29) is 0 Å². The molecule has 0 radical (unpaired) electrons. The lowest BCUT2D eigenvalue weighted by atomic mass is 10.1. The molecule has 0 aliphatic carbocycles. The highest BCUT2D eigenvalue weighted by atomic mass is 35.5. The van der Waals surface area contributed by atoms with Gasteiger partial charge in [0.05, 0.1) is 11.2 Å². The van der Waals surface area contributed by atoms with Crippen LogP contribution in [0.4, 0.5) is 0 Å². The van der Waals surface area contributed by atoms with Gasteiger partial charge in [0.2, 0.25) is 5.89 Å². The summed E-state index contributed by atoms with van der Waals surface area (Å²) in [5.41, 5.74) is 1.70. The summed E-state index contributed by atoms with van der Waals surface area (Å²) in [5.74, 6) is 0.865. The van der Waals surface area contributed by atoms with Gasteiger partial charge in [0, 0.05) is 6.20 Å². The third-order valence-electron chi connectivity index (χ3n) is 2.16. The lowest BCUT2D eigenvalue weighted by Gasteiger charge is -2.06. The van der Waals surface area contributed by atoms with Gasteiger partial charge in [-0.2, -0.15) is 0 Å². The van der Waals surface area contributed by atoms with Gasteiger partial charge in [-0.05, 0) is 17.5 Å². The predicted molar refractivity (Wildman–Crippen MR) is 58.8 cm³/mol. The summed E-state index contributed by atoms with van der Waals surface area (Å²) in [6.45, 7) is 4.19. The van der Waals surface area contributed by atoms with Gasteiger partial charge in [0.1, 0.15) is 12.0 Å². The fraction of sp³-hybridized carbons (Fsp3) is 0.273. The number of hydrogen-bond acceptors (Lipinski definition) is 3. The summed E-state index contributed by atoms with van der Waals surface area (Å²) in [4.78, 5) is 8.26. The van der Waals surface area contributed by atoms with Crippen LogP contribution in [-0.2, 0) is 0 Å². The van der Waals surface area contributed by atoms with Crippen molar-refractivity contribution < 1.29 is 4.42 Å². The van der Waals surface area contributed by atoms with Crippen LogP contribution in [-0.4, -0.2) is 9.97 Å². The first-order valence-corrected chi connectivity index (χ1v) is 5.11. The smallest absolute Gasteiger partial charge is 0.246 e. The first-order chi connectivity index (χ1) is 7.18. The maximum atomic E-state index is 6.10. The van der Waals surface area contributed by atoms with Crippen molar-refractivity contribution in [3.63, 3.8) is 0 Å². The van der Waals surface area contributed by atoms with E-state index < -0.39 is 0 Å². The molecule has 0 aromatic carbocycles. The second-order valence-corrected chi connectivity index (χ2v) is 4.00. The van der Waals surface area contributed by atoms with E-state index in [1.54, 1.807) is 12.4 Å². The highest BCUT2D eigenvalue weighted by Crippen LogP contribution is 2.27. The molecule has 0 aliphatic heterocycles. The molecule has 78 valence electrons. The van der Waals surface area contributed by atoms with Crippen LogP contribution in [0.3, 0.4) is 0 Å². The SMILES string of the molecule is CC(C)c1cnc(-c2ncco2)c(Cl)c1. The molecule has 0 saturated carbocycles. The molecule has 0 fully saturated rings. The van der Waals surface area contributed by atoms with Gasteiger partial charge in [-0.25, -0.2) is 9.97 Å². The maximum absolute atomic E-state index is 6.10. The summed E-state index contributed by atoms with van der Waals surface area (Å²) in [6.07, 6.45) is 4.88. The van der Waals surface area contributed by atoms with Crippen LogP contribution >= 0.6 is 11.6 Å². The minimum absolute atomic E-state index is 0.411. The van der Waals surface area contributed by atoms with Crippen LogP contribution in [0.5, 0.6) is 0 Å². The van der Waals surface area contributed by atoms with Gasteiger partial charge < -0.3 is 4.42 Å². The van der Waals surface area contributed by atoms with Crippen LogP contribution < -0.4 is 0 Å².